The molecule has 0 spiro atoms. The lowest BCUT2D eigenvalue weighted by molar-refractivity contribution is -0.136. The van der Waals surface area contributed by atoms with Crippen molar-refractivity contribution in [3.63, 3.8) is 0 Å². The molecule has 4 radical (unpaired) electrons. The Labute approximate surface area is 108 Å². The molecular formula is C15H14O3. The highest BCUT2D eigenvalue weighted by Gasteiger charge is 2.03. The van der Waals surface area contributed by atoms with Gasteiger partial charge in [-0.2, -0.15) is 0 Å². The van der Waals surface area contributed by atoms with Crippen LogP contribution in [-0.4, -0.2) is 24.3 Å². The molecule has 18 heavy (non-hydrogen) atoms. The second-order valence-corrected chi connectivity index (χ2v) is 3.35. The molecule has 0 amide bonds. The lowest BCUT2D eigenvalue weighted by Crippen LogP contribution is -2.06. The molecule has 0 fully saturated rings. The minimum Gasteiger partial charge on any atom is -0.469 e. The second kappa shape index (κ2) is 8.32. The molecule has 1 rings (SSSR count). The number of ether oxygens (including phenoxy) is 1. The van der Waals surface area contributed by atoms with E-state index in [1.54, 1.807) is 6.42 Å². The summed E-state index contributed by atoms with van der Waals surface area (Å²) in [6.07, 6.45) is 4.90. The molecule has 0 saturated heterocycles. The van der Waals surface area contributed by atoms with Crippen molar-refractivity contribution in [2.75, 3.05) is 7.11 Å². The van der Waals surface area contributed by atoms with Gasteiger partial charge in [-0.15, -0.1) is 0 Å². The number of methoxy groups -OCH3 is 1. The van der Waals surface area contributed by atoms with Crippen LogP contribution in [0, 0.1) is 37.5 Å². The summed E-state index contributed by atoms with van der Waals surface area (Å²) in [6.45, 7) is 0. The normalized spacial score (nSPS) is 11.2. The first kappa shape index (κ1) is 14.3. The van der Waals surface area contributed by atoms with Crippen LogP contribution in [0.5, 0.6) is 0 Å². The van der Waals surface area contributed by atoms with Gasteiger partial charge in [0.1, 0.15) is 6.10 Å². The second-order valence-electron chi connectivity index (χ2n) is 3.35. The minimum atomic E-state index is -0.868. The molecule has 0 unspecified atom stereocenters. The summed E-state index contributed by atoms with van der Waals surface area (Å²) >= 11 is 0. The van der Waals surface area contributed by atoms with Gasteiger partial charge in [0.15, 0.2) is 0 Å². The molecule has 0 aliphatic carbocycles. The summed E-state index contributed by atoms with van der Waals surface area (Å²) in [4.78, 5) is 10.7. The minimum absolute atomic E-state index is 0.440. The number of carbonyl (C=O) groups is 1. The van der Waals surface area contributed by atoms with E-state index in [2.05, 4.69) is 16.6 Å². The monoisotopic (exact) mass is 242 g/mol. The van der Waals surface area contributed by atoms with Crippen molar-refractivity contribution >= 4 is 5.97 Å². The summed E-state index contributed by atoms with van der Waals surface area (Å²) in [5, 5.41) is 9.52. The van der Waals surface area contributed by atoms with Crippen LogP contribution in [0.1, 0.15) is 5.56 Å². The topological polar surface area (TPSA) is 46.5 Å². The maximum Gasteiger partial charge on any atom is 0.309 e. The maximum atomic E-state index is 10.7. The van der Waals surface area contributed by atoms with Gasteiger partial charge in [0.25, 0.3) is 0 Å². The summed E-state index contributed by atoms with van der Waals surface area (Å²) in [5.74, 6) is 5.07. The zero-order valence-corrected chi connectivity index (χ0v) is 10.0. The molecule has 0 heterocycles. The Hall–Kier alpha value is -1.79. The van der Waals surface area contributed by atoms with Crippen LogP contribution < -0.4 is 0 Å². The predicted molar refractivity (Wildman–Crippen MR) is 68.5 cm³/mol. The molecule has 92 valence electrons. The van der Waals surface area contributed by atoms with Gasteiger partial charge in [0.05, 0.1) is 13.5 Å². The van der Waals surface area contributed by atoms with Crippen LogP contribution in [0.25, 0.3) is 0 Å². The van der Waals surface area contributed by atoms with Gasteiger partial charge in [0.2, 0.25) is 0 Å². The number of aliphatic hydroxyl groups is 1. The maximum absolute atomic E-state index is 10.7. The van der Waals surface area contributed by atoms with Gasteiger partial charge in [-0.05, 0) is 25.0 Å². The molecule has 0 aliphatic rings. The number of esters is 1. The quantitative estimate of drug-likeness (QED) is 0.482. The Balaban J connectivity index is 2.24. The molecule has 0 saturated carbocycles. The van der Waals surface area contributed by atoms with Gasteiger partial charge in [-0.1, -0.05) is 30.0 Å². The summed E-state index contributed by atoms with van der Waals surface area (Å²) in [5.41, 5.74) is 0.843. The summed E-state index contributed by atoms with van der Waals surface area (Å²) < 4.78 is 4.41. The average molecular weight is 242 g/mol. The van der Waals surface area contributed by atoms with Crippen LogP contribution in [0.15, 0.2) is 30.3 Å². The van der Waals surface area contributed by atoms with Gasteiger partial charge >= 0.3 is 5.97 Å². The molecule has 1 atom stereocenters. The van der Waals surface area contributed by atoms with Crippen LogP contribution in [0.3, 0.4) is 0 Å². The highest BCUT2D eigenvalue weighted by atomic mass is 16.5. The Morgan fingerprint density at radius 1 is 1.33 bits per heavy atom. The van der Waals surface area contributed by atoms with Crippen molar-refractivity contribution in [3.8, 4) is 11.8 Å². The van der Waals surface area contributed by atoms with E-state index < -0.39 is 12.1 Å². The van der Waals surface area contributed by atoms with Crippen LogP contribution in [-0.2, 0) is 9.53 Å². The number of carbonyl (C=O) groups excluding carboxylic acids is 1. The molecule has 0 aromatic heterocycles. The molecule has 1 aromatic carbocycles. The zero-order valence-electron chi connectivity index (χ0n) is 10.0. The average Bonchev–Trinajstić information content (AvgIpc) is 2.42. The Bertz CT molecular complexity index is 414. The van der Waals surface area contributed by atoms with E-state index in [1.807, 2.05) is 30.3 Å². The standard InChI is InChI=1S/C15H14O3/c1-18-15(17)10-6-5-9-14(16)12-11-13-7-3-2-4-8-13/h2-10,14,16H,1H3/t14-/m1/s1. The molecule has 3 heteroatoms. The van der Waals surface area contributed by atoms with Crippen LogP contribution in [0.4, 0.5) is 0 Å². The van der Waals surface area contributed by atoms with E-state index in [4.69, 9.17) is 0 Å². The highest BCUT2D eigenvalue weighted by molar-refractivity contribution is 5.80. The van der Waals surface area contributed by atoms with Gasteiger partial charge in [0, 0.05) is 12.0 Å². The van der Waals surface area contributed by atoms with Crippen molar-refractivity contribution < 1.29 is 14.6 Å². The largest absolute Gasteiger partial charge is 0.469 e. The van der Waals surface area contributed by atoms with Gasteiger partial charge in [-0.3, -0.25) is 4.79 Å². The third-order valence-electron chi connectivity index (χ3n) is 1.98. The van der Waals surface area contributed by atoms with Gasteiger partial charge in [-0.25, -0.2) is 0 Å². The molecular weight excluding hydrogens is 228 g/mol. The Morgan fingerprint density at radius 2 is 2.06 bits per heavy atom. The number of hydrogen-bond donors (Lipinski definition) is 1. The fourth-order valence-electron chi connectivity index (χ4n) is 1.10. The molecule has 3 nitrogen and oxygen atoms in total. The van der Waals surface area contributed by atoms with Crippen molar-refractivity contribution in [1.82, 2.24) is 0 Å². The van der Waals surface area contributed by atoms with E-state index >= 15 is 0 Å². The van der Waals surface area contributed by atoms with E-state index in [1.165, 1.54) is 26.4 Å². The number of aliphatic hydroxyl groups excluding tert-OH is 1. The smallest absolute Gasteiger partial charge is 0.309 e. The third-order valence-corrected chi connectivity index (χ3v) is 1.98. The van der Waals surface area contributed by atoms with Crippen molar-refractivity contribution in [2.24, 2.45) is 0 Å². The Kier molecular flexibility index (Phi) is 6.60. The number of rotatable bonds is 5. The van der Waals surface area contributed by atoms with Crippen molar-refractivity contribution in [3.05, 3.63) is 61.6 Å². The highest BCUT2D eigenvalue weighted by Crippen LogP contribution is 2.01. The molecule has 1 N–H and O–H groups in total. The Morgan fingerprint density at radius 3 is 2.72 bits per heavy atom. The van der Waals surface area contributed by atoms with Crippen molar-refractivity contribution in [1.29, 1.82) is 0 Å². The van der Waals surface area contributed by atoms with E-state index in [0.717, 1.165) is 5.56 Å². The van der Waals surface area contributed by atoms with Crippen LogP contribution in [0.2, 0.25) is 0 Å². The molecule has 1 aromatic rings. The summed E-state index contributed by atoms with van der Waals surface area (Å²) in [6, 6.07) is 9.39. The molecule has 0 bridgehead atoms. The number of hydrogen-bond acceptors (Lipinski definition) is 3. The van der Waals surface area contributed by atoms with E-state index in [-0.39, 0.29) is 0 Å². The third kappa shape index (κ3) is 6.07. The number of unbranched alkanes of at least 4 members (excludes halogenated alkanes) is 1. The van der Waals surface area contributed by atoms with Crippen molar-refractivity contribution in [2.45, 2.75) is 6.10 Å². The van der Waals surface area contributed by atoms with Gasteiger partial charge < -0.3 is 9.84 Å². The lowest BCUT2D eigenvalue weighted by Gasteiger charge is -2.01. The lowest BCUT2D eigenvalue weighted by atomic mass is 10.1. The fraction of sp³-hybridized carbons (Fsp3) is 0.133. The first-order valence-electron chi connectivity index (χ1n) is 5.40. The van der Waals surface area contributed by atoms with Crippen LogP contribution >= 0.6 is 0 Å². The SMILES string of the molecule is COC(=O)[CH][CH][CH][CH][C@@H](O)C#Cc1ccccc1. The summed E-state index contributed by atoms with van der Waals surface area (Å²) in [7, 11) is 1.30. The zero-order chi connectivity index (χ0) is 13.2. The van der Waals surface area contributed by atoms with E-state index in [0.29, 0.717) is 0 Å². The molecule has 0 aliphatic heterocycles. The van der Waals surface area contributed by atoms with E-state index in [9.17, 15) is 9.90 Å². The first-order chi connectivity index (χ1) is 8.72. The number of benzene rings is 1. The predicted octanol–water partition coefficient (Wildman–Crippen LogP) is 1.39. The first-order valence-corrected chi connectivity index (χ1v) is 5.40. The fourth-order valence-corrected chi connectivity index (χ4v) is 1.10.